The lowest BCUT2D eigenvalue weighted by Gasteiger charge is -2.26. The zero-order valence-corrected chi connectivity index (χ0v) is 14.3. The van der Waals surface area contributed by atoms with E-state index in [1.807, 2.05) is 0 Å². The summed E-state index contributed by atoms with van der Waals surface area (Å²) in [5, 5.41) is 1.15. The number of alkyl halides is 1. The highest BCUT2D eigenvalue weighted by molar-refractivity contribution is 9.09. The second-order valence-electron chi connectivity index (χ2n) is 6.01. The van der Waals surface area contributed by atoms with Gasteiger partial charge in [-0.1, -0.05) is 73.5 Å². The molecular formula is C18H29Br. The molecule has 0 aromatic heterocycles. The lowest BCUT2D eigenvalue weighted by molar-refractivity contribution is 0.273. The fourth-order valence-electron chi connectivity index (χ4n) is 3.01. The van der Waals surface area contributed by atoms with E-state index in [2.05, 4.69) is 67.0 Å². The Labute approximate surface area is 128 Å². The maximum Gasteiger partial charge on any atom is 0.00314 e. The van der Waals surface area contributed by atoms with Crippen molar-refractivity contribution in [1.29, 1.82) is 0 Å². The Morgan fingerprint density at radius 3 is 2.37 bits per heavy atom. The first-order chi connectivity index (χ1) is 9.17. The van der Waals surface area contributed by atoms with Gasteiger partial charge in [-0.3, -0.25) is 0 Å². The van der Waals surface area contributed by atoms with Crippen molar-refractivity contribution in [3.05, 3.63) is 35.9 Å². The lowest BCUT2D eigenvalue weighted by Crippen LogP contribution is -2.16. The van der Waals surface area contributed by atoms with Crippen molar-refractivity contribution in [3.63, 3.8) is 0 Å². The first-order valence-electron chi connectivity index (χ1n) is 7.77. The summed E-state index contributed by atoms with van der Waals surface area (Å²) in [6.45, 7) is 7.20. The Hall–Kier alpha value is -0.300. The largest absolute Gasteiger partial charge is 0.0928 e. The van der Waals surface area contributed by atoms with Crippen LogP contribution < -0.4 is 0 Å². The molecule has 108 valence electrons. The molecule has 0 aliphatic rings. The zero-order valence-electron chi connectivity index (χ0n) is 12.7. The molecule has 0 radical (unpaired) electrons. The van der Waals surface area contributed by atoms with E-state index in [0.717, 1.165) is 23.1 Å². The molecule has 0 fully saturated rings. The molecule has 0 bridgehead atoms. The Bertz CT molecular complexity index is 320. The van der Waals surface area contributed by atoms with Crippen LogP contribution in [0.5, 0.6) is 0 Å². The maximum atomic E-state index is 3.53. The Morgan fingerprint density at radius 1 is 1.11 bits per heavy atom. The molecule has 0 saturated heterocycles. The van der Waals surface area contributed by atoms with E-state index < -0.39 is 0 Å². The molecule has 3 atom stereocenters. The van der Waals surface area contributed by atoms with Crippen molar-refractivity contribution < 1.29 is 0 Å². The van der Waals surface area contributed by atoms with Crippen molar-refractivity contribution in [2.45, 2.75) is 52.9 Å². The van der Waals surface area contributed by atoms with E-state index in [1.165, 1.54) is 37.7 Å². The Balaban J connectivity index is 2.45. The van der Waals surface area contributed by atoms with Gasteiger partial charge in [0, 0.05) is 5.33 Å². The van der Waals surface area contributed by atoms with Gasteiger partial charge in [0.15, 0.2) is 0 Å². The minimum Gasteiger partial charge on any atom is -0.0928 e. The van der Waals surface area contributed by atoms with E-state index in [-0.39, 0.29) is 0 Å². The second kappa shape index (κ2) is 9.58. The molecular weight excluding hydrogens is 296 g/mol. The summed E-state index contributed by atoms with van der Waals surface area (Å²) in [6, 6.07) is 10.9. The molecule has 0 heterocycles. The van der Waals surface area contributed by atoms with Crippen LogP contribution in [0.25, 0.3) is 0 Å². The van der Waals surface area contributed by atoms with Gasteiger partial charge in [0.25, 0.3) is 0 Å². The lowest BCUT2D eigenvalue weighted by atomic mass is 9.80. The zero-order chi connectivity index (χ0) is 14.1. The standard InChI is InChI=1S/C18H29Br/c1-4-18(13-15(2)9-8-12-19)16(3)14-17-10-6-5-7-11-17/h5-7,10-11,15-16,18H,4,8-9,12-14H2,1-3H3/t15-,16?,18?/m0/s1. The third kappa shape index (κ3) is 6.61. The molecule has 0 nitrogen and oxygen atoms in total. The average Bonchev–Trinajstić information content (AvgIpc) is 2.43. The van der Waals surface area contributed by atoms with Crippen LogP contribution in [-0.2, 0) is 6.42 Å². The maximum absolute atomic E-state index is 3.53. The summed E-state index contributed by atoms with van der Waals surface area (Å²) in [6.07, 6.45) is 6.60. The summed E-state index contributed by atoms with van der Waals surface area (Å²) in [4.78, 5) is 0. The van der Waals surface area contributed by atoms with Crippen LogP contribution in [0.3, 0.4) is 0 Å². The quantitative estimate of drug-likeness (QED) is 0.482. The average molecular weight is 325 g/mol. The molecule has 1 heteroatoms. The monoisotopic (exact) mass is 324 g/mol. The minimum atomic E-state index is 0.791. The number of rotatable bonds is 9. The third-order valence-corrected chi connectivity index (χ3v) is 4.83. The van der Waals surface area contributed by atoms with E-state index in [4.69, 9.17) is 0 Å². The van der Waals surface area contributed by atoms with Crippen molar-refractivity contribution >= 4 is 15.9 Å². The molecule has 0 saturated carbocycles. The van der Waals surface area contributed by atoms with Gasteiger partial charge >= 0.3 is 0 Å². The van der Waals surface area contributed by atoms with Crippen molar-refractivity contribution in [2.75, 3.05) is 5.33 Å². The van der Waals surface area contributed by atoms with Crippen LogP contribution >= 0.6 is 15.9 Å². The van der Waals surface area contributed by atoms with E-state index in [9.17, 15) is 0 Å². The van der Waals surface area contributed by atoms with Gasteiger partial charge in [-0.15, -0.1) is 0 Å². The third-order valence-electron chi connectivity index (χ3n) is 4.27. The molecule has 0 spiro atoms. The van der Waals surface area contributed by atoms with Crippen molar-refractivity contribution in [2.24, 2.45) is 17.8 Å². The van der Waals surface area contributed by atoms with Gasteiger partial charge in [0.2, 0.25) is 0 Å². The SMILES string of the molecule is CCC(C[C@@H](C)CCCBr)C(C)Cc1ccccc1. The molecule has 19 heavy (non-hydrogen) atoms. The predicted molar refractivity (Wildman–Crippen MR) is 89.9 cm³/mol. The Kier molecular flexibility index (Phi) is 8.45. The summed E-state index contributed by atoms with van der Waals surface area (Å²) < 4.78 is 0. The predicted octanol–water partition coefficient (Wildman–Crippen LogP) is 6.09. The van der Waals surface area contributed by atoms with Crippen molar-refractivity contribution in [3.8, 4) is 0 Å². The number of hydrogen-bond acceptors (Lipinski definition) is 0. The number of hydrogen-bond donors (Lipinski definition) is 0. The Morgan fingerprint density at radius 2 is 1.79 bits per heavy atom. The first kappa shape index (κ1) is 16.8. The van der Waals surface area contributed by atoms with Crippen LogP contribution in [0, 0.1) is 17.8 Å². The second-order valence-corrected chi connectivity index (χ2v) is 6.80. The number of halogens is 1. The fourth-order valence-corrected chi connectivity index (χ4v) is 3.34. The number of benzene rings is 1. The molecule has 0 aliphatic heterocycles. The minimum absolute atomic E-state index is 0.791. The fraction of sp³-hybridized carbons (Fsp3) is 0.667. The van der Waals surface area contributed by atoms with Gasteiger partial charge in [-0.25, -0.2) is 0 Å². The smallest absolute Gasteiger partial charge is 0.00314 e. The molecule has 1 rings (SSSR count). The van der Waals surface area contributed by atoms with E-state index >= 15 is 0 Å². The van der Waals surface area contributed by atoms with E-state index in [0.29, 0.717) is 0 Å². The molecule has 0 N–H and O–H groups in total. The van der Waals surface area contributed by atoms with Crippen LogP contribution in [0.4, 0.5) is 0 Å². The summed E-state index contributed by atoms with van der Waals surface area (Å²) in [7, 11) is 0. The van der Waals surface area contributed by atoms with Crippen LogP contribution in [-0.4, -0.2) is 5.33 Å². The normalized spacial score (nSPS) is 16.0. The molecule has 0 aliphatic carbocycles. The highest BCUT2D eigenvalue weighted by Gasteiger charge is 2.18. The van der Waals surface area contributed by atoms with Crippen LogP contribution in [0.1, 0.15) is 52.0 Å². The topological polar surface area (TPSA) is 0 Å². The van der Waals surface area contributed by atoms with Gasteiger partial charge < -0.3 is 0 Å². The summed E-state index contributed by atoms with van der Waals surface area (Å²) in [5.74, 6) is 2.52. The van der Waals surface area contributed by atoms with Gasteiger partial charge in [-0.05, 0) is 49.0 Å². The molecule has 1 aromatic rings. The van der Waals surface area contributed by atoms with Crippen molar-refractivity contribution in [1.82, 2.24) is 0 Å². The highest BCUT2D eigenvalue weighted by atomic mass is 79.9. The molecule has 2 unspecified atom stereocenters. The van der Waals surface area contributed by atoms with Crippen LogP contribution in [0.2, 0.25) is 0 Å². The summed E-state index contributed by atoms with van der Waals surface area (Å²) in [5.41, 5.74) is 1.49. The van der Waals surface area contributed by atoms with Gasteiger partial charge in [0.1, 0.15) is 0 Å². The molecule has 1 aromatic carbocycles. The highest BCUT2D eigenvalue weighted by Crippen LogP contribution is 2.28. The first-order valence-corrected chi connectivity index (χ1v) is 8.89. The molecule has 0 amide bonds. The van der Waals surface area contributed by atoms with E-state index in [1.54, 1.807) is 0 Å². The van der Waals surface area contributed by atoms with Crippen LogP contribution in [0.15, 0.2) is 30.3 Å². The summed E-state index contributed by atoms with van der Waals surface area (Å²) >= 11 is 3.53. The van der Waals surface area contributed by atoms with Gasteiger partial charge in [-0.2, -0.15) is 0 Å². The van der Waals surface area contributed by atoms with Gasteiger partial charge in [0.05, 0.1) is 0 Å².